The summed E-state index contributed by atoms with van der Waals surface area (Å²) in [5, 5.41) is 0. The lowest BCUT2D eigenvalue weighted by molar-refractivity contribution is -0.299. The van der Waals surface area contributed by atoms with Gasteiger partial charge < -0.3 is 14.2 Å². The van der Waals surface area contributed by atoms with Crippen LogP contribution in [0.1, 0.15) is 68.2 Å². The van der Waals surface area contributed by atoms with E-state index in [0.717, 1.165) is 12.8 Å². The van der Waals surface area contributed by atoms with Gasteiger partial charge in [-0.15, -0.1) is 0 Å². The van der Waals surface area contributed by atoms with Gasteiger partial charge in [0.05, 0.1) is 24.4 Å². The molecule has 2 saturated heterocycles. The molecule has 0 aromatic carbocycles. The molecule has 2 aliphatic heterocycles. The highest BCUT2D eigenvalue weighted by Gasteiger charge is 2.45. The fraction of sp³-hybridized carbons (Fsp3) is 1.00. The second kappa shape index (κ2) is 7.84. The molecular formula is C20H38O3. The Labute approximate surface area is 143 Å². The maximum Gasteiger partial charge on any atom is 0.161 e. The summed E-state index contributed by atoms with van der Waals surface area (Å²) >= 11 is 0. The Hall–Kier alpha value is -0.120. The van der Waals surface area contributed by atoms with Crippen LogP contribution in [0, 0.1) is 29.6 Å². The molecule has 0 aliphatic carbocycles. The van der Waals surface area contributed by atoms with Crippen molar-refractivity contribution in [3.63, 3.8) is 0 Å². The van der Waals surface area contributed by atoms with E-state index in [4.69, 9.17) is 14.2 Å². The Balaban J connectivity index is 2.11. The molecule has 0 aromatic heterocycles. The minimum absolute atomic E-state index is 0.100. The number of ether oxygens (including phenoxy) is 3. The average Bonchev–Trinajstić information content (AvgIpc) is 2.55. The van der Waals surface area contributed by atoms with E-state index in [1.807, 2.05) is 0 Å². The monoisotopic (exact) mass is 326 g/mol. The highest BCUT2D eigenvalue weighted by molar-refractivity contribution is 4.89. The van der Waals surface area contributed by atoms with E-state index >= 15 is 0 Å². The molecular weight excluding hydrogens is 288 g/mol. The molecule has 3 nitrogen and oxygen atoms in total. The minimum Gasteiger partial charge on any atom is -0.372 e. The molecule has 2 rings (SSSR count). The third kappa shape index (κ3) is 3.77. The molecule has 0 spiro atoms. The summed E-state index contributed by atoms with van der Waals surface area (Å²) in [5.74, 6) is 2.65. The smallest absolute Gasteiger partial charge is 0.161 e. The Kier molecular flexibility index (Phi) is 6.55. The Morgan fingerprint density at radius 3 is 1.83 bits per heavy atom. The van der Waals surface area contributed by atoms with Crippen molar-refractivity contribution in [2.24, 2.45) is 29.6 Å². The molecule has 0 N–H and O–H groups in total. The van der Waals surface area contributed by atoms with Gasteiger partial charge in [-0.05, 0) is 43.4 Å². The van der Waals surface area contributed by atoms with Crippen molar-refractivity contribution in [3.8, 4) is 0 Å². The predicted molar refractivity (Wildman–Crippen MR) is 94.3 cm³/mol. The first-order valence-electron chi connectivity index (χ1n) is 9.78. The molecule has 0 bridgehead atoms. The van der Waals surface area contributed by atoms with E-state index in [1.165, 1.54) is 0 Å². The van der Waals surface area contributed by atoms with Crippen molar-refractivity contribution in [1.82, 2.24) is 0 Å². The molecule has 2 heterocycles. The van der Waals surface area contributed by atoms with Crippen LogP contribution in [0.5, 0.6) is 0 Å². The maximum atomic E-state index is 6.58. The summed E-state index contributed by atoms with van der Waals surface area (Å²) in [5.41, 5.74) is 0. The van der Waals surface area contributed by atoms with Gasteiger partial charge >= 0.3 is 0 Å². The third-order valence-corrected chi connectivity index (χ3v) is 6.92. The van der Waals surface area contributed by atoms with Crippen LogP contribution in [0.4, 0.5) is 0 Å². The van der Waals surface area contributed by atoms with Gasteiger partial charge in [0, 0.05) is 5.92 Å². The first-order chi connectivity index (χ1) is 10.8. The Bertz CT molecular complexity index is 368. The summed E-state index contributed by atoms with van der Waals surface area (Å²) in [7, 11) is 0. The quantitative estimate of drug-likeness (QED) is 0.736. The molecule has 2 fully saturated rings. The van der Waals surface area contributed by atoms with Crippen LogP contribution in [-0.4, -0.2) is 30.7 Å². The number of hydrogen-bond donors (Lipinski definition) is 0. The van der Waals surface area contributed by atoms with Gasteiger partial charge in [-0.1, -0.05) is 48.5 Å². The Morgan fingerprint density at radius 2 is 1.26 bits per heavy atom. The fourth-order valence-electron chi connectivity index (χ4n) is 4.35. The first-order valence-corrected chi connectivity index (χ1v) is 9.78. The maximum absolute atomic E-state index is 6.58. The standard InChI is InChI=1S/C20H38O3/c1-9-17-13(5)11(3)15(7)20(22-17)23-19-14(6)12(4)16(8)21-18(19)10-2/h11-20H,9-10H2,1-8H3/t11-,12?,13+,14+,15?,16-,17?,18?,19+,20-/m0/s1. The summed E-state index contributed by atoms with van der Waals surface area (Å²) in [4.78, 5) is 0. The van der Waals surface area contributed by atoms with Crippen molar-refractivity contribution >= 4 is 0 Å². The molecule has 3 heteroatoms. The van der Waals surface area contributed by atoms with E-state index in [0.29, 0.717) is 41.8 Å². The molecule has 0 aromatic rings. The number of hydrogen-bond acceptors (Lipinski definition) is 3. The van der Waals surface area contributed by atoms with E-state index in [1.54, 1.807) is 0 Å². The van der Waals surface area contributed by atoms with Crippen LogP contribution < -0.4 is 0 Å². The van der Waals surface area contributed by atoms with Gasteiger partial charge in [0.15, 0.2) is 6.29 Å². The van der Waals surface area contributed by atoms with Gasteiger partial charge in [0.2, 0.25) is 0 Å². The lowest BCUT2D eigenvalue weighted by Gasteiger charge is -2.48. The normalized spacial score (nSPS) is 51.7. The van der Waals surface area contributed by atoms with Crippen LogP contribution in [0.3, 0.4) is 0 Å². The van der Waals surface area contributed by atoms with Crippen LogP contribution in [0.2, 0.25) is 0 Å². The minimum atomic E-state index is -0.100. The highest BCUT2D eigenvalue weighted by atomic mass is 16.7. The molecule has 2 aliphatic rings. The zero-order chi connectivity index (χ0) is 17.3. The second-order valence-electron chi connectivity index (χ2n) is 8.14. The second-order valence-corrected chi connectivity index (χ2v) is 8.14. The van der Waals surface area contributed by atoms with Gasteiger partial charge in [0.1, 0.15) is 0 Å². The van der Waals surface area contributed by atoms with E-state index in [2.05, 4.69) is 55.4 Å². The van der Waals surface area contributed by atoms with E-state index in [-0.39, 0.29) is 18.5 Å². The molecule has 0 radical (unpaired) electrons. The lowest BCUT2D eigenvalue weighted by Crippen LogP contribution is -2.54. The average molecular weight is 327 g/mol. The SMILES string of the molecule is CCC1O[C@@H](O[C@H]2C(CC)O[C@@H](C)C(C)[C@H]2C)C(C)[C@@H](C)[C@H]1C. The first kappa shape index (κ1) is 19.2. The molecule has 10 atom stereocenters. The molecule has 0 saturated carbocycles. The zero-order valence-electron chi connectivity index (χ0n) is 16.4. The third-order valence-electron chi connectivity index (χ3n) is 6.92. The van der Waals surface area contributed by atoms with Crippen molar-refractivity contribution < 1.29 is 14.2 Å². The van der Waals surface area contributed by atoms with Crippen molar-refractivity contribution in [3.05, 3.63) is 0 Å². The van der Waals surface area contributed by atoms with Crippen LogP contribution in [0.15, 0.2) is 0 Å². The molecule has 4 unspecified atom stereocenters. The zero-order valence-corrected chi connectivity index (χ0v) is 16.4. The van der Waals surface area contributed by atoms with E-state index in [9.17, 15) is 0 Å². The Morgan fingerprint density at radius 1 is 0.652 bits per heavy atom. The van der Waals surface area contributed by atoms with Crippen molar-refractivity contribution in [2.75, 3.05) is 0 Å². The topological polar surface area (TPSA) is 27.7 Å². The van der Waals surface area contributed by atoms with Gasteiger partial charge in [-0.3, -0.25) is 0 Å². The highest BCUT2D eigenvalue weighted by Crippen LogP contribution is 2.40. The lowest BCUT2D eigenvalue weighted by atomic mass is 9.77. The number of rotatable bonds is 4. The molecule has 0 amide bonds. The molecule has 23 heavy (non-hydrogen) atoms. The summed E-state index contributed by atoms with van der Waals surface area (Å²) in [6.45, 7) is 18.1. The van der Waals surface area contributed by atoms with Gasteiger partial charge in [-0.25, -0.2) is 0 Å². The molecule has 136 valence electrons. The fourth-order valence-corrected chi connectivity index (χ4v) is 4.35. The van der Waals surface area contributed by atoms with Crippen LogP contribution in [0.25, 0.3) is 0 Å². The van der Waals surface area contributed by atoms with Gasteiger partial charge in [0.25, 0.3) is 0 Å². The van der Waals surface area contributed by atoms with Crippen LogP contribution >= 0.6 is 0 Å². The van der Waals surface area contributed by atoms with Crippen molar-refractivity contribution in [1.29, 1.82) is 0 Å². The van der Waals surface area contributed by atoms with E-state index < -0.39 is 0 Å². The van der Waals surface area contributed by atoms with Crippen molar-refractivity contribution in [2.45, 2.75) is 98.9 Å². The summed E-state index contributed by atoms with van der Waals surface area (Å²) < 4.78 is 19.2. The van der Waals surface area contributed by atoms with Gasteiger partial charge in [-0.2, -0.15) is 0 Å². The van der Waals surface area contributed by atoms with Crippen LogP contribution in [-0.2, 0) is 14.2 Å². The largest absolute Gasteiger partial charge is 0.372 e. The summed E-state index contributed by atoms with van der Waals surface area (Å²) in [6.07, 6.45) is 2.88. The summed E-state index contributed by atoms with van der Waals surface area (Å²) in [6, 6.07) is 0. The predicted octanol–water partition coefficient (Wildman–Crippen LogP) is 4.88.